The fourth-order valence-electron chi connectivity index (χ4n) is 2.97. The van der Waals surface area contributed by atoms with Crippen molar-refractivity contribution in [3.63, 3.8) is 0 Å². The Labute approximate surface area is 171 Å². The van der Waals surface area contributed by atoms with Gasteiger partial charge in [0.15, 0.2) is 11.5 Å². The van der Waals surface area contributed by atoms with Crippen molar-refractivity contribution in [2.45, 2.75) is 13.3 Å². The normalized spacial score (nSPS) is 11.1. The van der Waals surface area contributed by atoms with Crippen molar-refractivity contribution in [2.75, 3.05) is 14.2 Å². The molecule has 1 aromatic heterocycles. The number of methoxy groups -OCH3 is 2. The Hall–Kier alpha value is -2.93. The van der Waals surface area contributed by atoms with Crippen LogP contribution in [0.2, 0.25) is 0 Å². The molecule has 3 rings (SSSR count). The van der Waals surface area contributed by atoms with Gasteiger partial charge in [0.05, 0.1) is 31.3 Å². The van der Waals surface area contributed by atoms with E-state index in [4.69, 9.17) is 9.47 Å². The van der Waals surface area contributed by atoms with Crippen molar-refractivity contribution in [1.29, 1.82) is 0 Å². The van der Waals surface area contributed by atoms with Gasteiger partial charge < -0.3 is 9.47 Å². The zero-order chi connectivity index (χ0) is 20.3. The minimum absolute atomic E-state index is 0.230. The number of rotatable bonds is 6. The molecule has 0 aliphatic heterocycles. The quantitative estimate of drug-likeness (QED) is 0.426. The standard InChI is InChI=1S/C21H20BrN3O3/c1-5-6-15-9-14(10-19(27-3)20(15)28-4)12-23-25-13(2)24-18-8-7-16(22)11-17(18)21(25)26/h5,7-12H,1,6H2,2-4H3. The van der Waals surface area contributed by atoms with Crippen LogP contribution in [-0.4, -0.2) is 30.1 Å². The van der Waals surface area contributed by atoms with Crippen LogP contribution >= 0.6 is 15.9 Å². The fraction of sp³-hybridized carbons (Fsp3) is 0.190. The van der Waals surface area contributed by atoms with E-state index >= 15 is 0 Å². The van der Waals surface area contributed by atoms with Gasteiger partial charge in [-0.05, 0) is 49.2 Å². The summed E-state index contributed by atoms with van der Waals surface area (Å²) in [7, 11) is 3.18. The number of aryl methyl sites for hydroxylation is 1. The van der Waals surface area contributed by atoms with Crippen molar-refractivity contribution >= 4 is 33.0 Å². The lowest BCUT2D eigenvalue weighted by Crippen LogP contribution is -2.20. The van der Waals surface area contributed by atoms with Crippen molar-refractivity contribution in [1.82, 2.24) is 9.66 Å². The lowest BCUT2D eigenvalue weighted by atomic mass is 10.1. The van der Waals surface area contributed by atoms with Gasteiger partial charge in [0.2, 0.25) is 0 Å². The third-order valence-corrected chi connectivity index (χ3v) is 4.73. The first kappa shape index (κ1) is 19.8. The van der Waals surface area contributed by atoms with Crippen molar-refractivity contribution in [3.8, 4) is 11.5 Å². The Bertz CT molecular complexity index is 1140. The number of aromatic nitrogens is 2. The summed E-state index contributed by atoms with van der Waals surface area (Å²) in [5.74, 6) is 1.75. The first-order valence-corrected chi connectivity index (χ1v) is 9.36. The second kappa shape index (κ2) is 8.39. The molecule has 144 valence electrons. The maximum absolute atomic E-state index is 12.8. The van der Waals surface area contributed by atoms with Gasteiger partial charge in [-0.2, -0.15) is 9.78 Å². The average Bonchev–Trinajstić information content (AvgIpc) is 2.68. The SMILES string of the molecule is C=CCc1cc(C=Nn2c(C)nc3ccc(Br)cc3c2=O)cc(OC)c1OC. The summed E-state index contributed by atoms with van der Waals surface area (Å²) in [6.07, 6.45) is 4.01. The maximum atomic E-state index is 12.8. The molecule has 7 heteroatoms. The monoisotopic (exact) mass is 441 g/mol. The second-order valence-corrected chi connectivity index (χ2v) is 7.01. The number of ether oxygens (including phenoxy) is 2. The zero-order valence-electron chi connectivity index (χ0n) is 15.9. The molecule has 0 unspecified atom stereocenters. The van der Waals surface area contributed by atoms with Crippen LogP contribution in [0.1, 0.15) is 17.0 Å². The highest BCUT2D eigenvalue weighted by Gasteiger charge is 2.12. The average molecular weight is 442 g/mol. The molecule has 0 spiro atoms. The van der Waals surface area contributed by atoms with Crippen LogP contribution in [-0.2, 0) is 6.42 Å². The molecule has 0 N–H and O–H groups in total. The minimum atomic E-state index is -0.230. The van der Waals surface area contributed by atoms with Crippen molar-refractivity contribution < 1.29 is 9.47 Å². The Kier molecular flexibility index (Phi) is 5.94. The first-order valence-electron chi connectivity index (χ1n) is 8.57. The van der Waals surface area contributed by atoms with Crippen molar-refractivity contribution in [3.05, 3.63) is 74.8 Å². The van der Waals surface area contributed by atoms with Gasteiger partial charge >= 0.3 is 0 Å². The third kappa shape index (κ3) is 3.84. The largest absolute Gasteiger partial charge is 0.493 e. The molecule has 0 aliphatic rings. The van der Waals surface area contributed by atoms with Gasteiger partial charge in [-0.15, -0.1) is 6.58 Å². The molecule has 1 heterocycles. The molecule has 0 atom stereocenters. The van der Waals surface area contributed by atoms with E-state index in [1.54, 1.807) is 51.6 Å². The fourth-order valence-corrected chi connectivity index (χ4v) is 3.33. The first-order chi connectivity index (χ1) is 13.5. The van der Waals surface area contributed by atoms with Crippen LogP contribution in [0.4, 0.5) is 0 Å². The van der Waals surface area contributed by atoms with Gasteiger partial charge in [0.1, 0.15) is 5.82 Å². The molecule has 0 saturated carbocycles. The topological polar surface area (TPSA) is 65.7 Å². The van der Waals surface area contributed by atoms with Crippen LogP contribution in [0.15, 0.2) is 57.4 Å². The Morgan fingerprint density at radius 2 is 2.04 bits per heavy atom. The number of hydrogen-bond donors (Lipinski definition) is 0. The van der Waals surface area contributed by atoms with E-state index in [2.05, 4.69) is 32.6 Å². The molecule has 0 saturated heterocycles. The Morgan fingerprint density at radius 1 is 1.25 bits per heavy atom. The highest BCUT2D eigenvalue weighted by Crippen LogP contribution is 2.32. The van der Waals surface area contributed by atoms with E-state index in [0.717, 1.165) is 15.6 Å². The van der Waals surface area contributed by atoms with E-state index in [9.17, 15) is 4.79 Å². The Morgan fingerprint density at radius 3 is 2.71 bits per heavy atom. The minimum Gasteiger partial charge on any atom is -0.493 e. The lowest BCUT2D eigenvalue weighted by Gasteiger charge is -2.13. The summed E-state index contributed by atoms with van der Waals surface area (Å²) in [5, 5.41) is 4.86. The van der Waals surface area contributed by atoms with Crippen LogP contribution in [0, 0.1) is 6.92 Å². The number of hydrogen-bond acceptors (Lipinski definition) is 5. The molecule has 0 fully saturated rings. The van der Waals surface area contributed by atoms with Gasteiger partial charge in [0.25, 0.3) is 5.56 Å². The highest BCUT2D eigenvalue weighted by atomic mass is 79.9. The summed E-state index contributed by atoms with van der Waals surface area (Å²) < 4.78 is 13.0. The number of allylic oxidation sites excluding steroid dienone is 1. The van der Waals surface area contributed by atoms with E-state index in [1.807, 2.05) is 12.1 Å². The molecular weight excluding hydrogens is 422 g/mol. The number of benzene rings is 2. The van der Waals surface area contributed by atoms with Crippen LogP contribution in [0.25, 0.3) is 10.9 Å². The molecule has 6 nitrogen and oxygen atoms in total. The van der Waals surface area contributed by atoms with E-state index in [0.29, 0.717) is 34.6 Å². The van der Waals surface area contributed by atoms with Gasteiger partial charge in [-0.25, -0.2) is 4.98 Å². The third-order valence-electron chi connectivity index (χ3n) is 4.23. The van der Waals surface area contributed by atoms with Gasteiger partial charge in [-0.1, -0.05) is 22.0 Å². The Balaban J connectivity index is 2.10. The maximum Gasteiger partial charge on any atom is 0.282 e. The number of nitrogens with zero attached hydrogens (tertiary/aromatic N) is 3. The van der Waals surface area contributed by atoms with E-state index in [-0.39, 0.29) is 5.56 Å². The lowest BCUT2D eigenvalue weighted by molar-refractivity contribution is 0.352. The van der Waals surface area contributed by atoms with Crippen molar-refractivity contribution in [2.24, 2.45) is 5.10 Å². The highest BCUT2D eigenvalue weighted by molar-refractivity contribution is 9.10. The molecule has 0 radical (unpaired) electrons. The predicted molar refractivity (Wildman–Crippen MR) is 115 cm³/mol. The zero-order valence-corrected chi connectivity index (χ0v) is 17.5. The molecule has 3 aromatic rings. The molecule has 0 amide bonds. The summed E-state index contributed by atoms with van der Waals surface area (Å²) >= 11 is 3.39. The summed E-state index contributed by atoms with van der Waals surface area (Å²) in [4.78, 5) is 17.3. The smallest absolute Gasteiger partial charge is 0.282 e. The number of halogens is 1. The molecule has 28 heavy (non-hydrogen) atoms. The second-order valence-electron chi connectivity index (χ2n) is 6.09. The predicted octanol–water partition coefficient (Wildman–Crippen LogP) is 4.10. The van der Waals surface area contributed by atoms with Crippen LogP contribution < -0.4 is 15.0 Å². The van der Waals surface area contributed by atoms with Gasteiger partial charge in [-0.3, -0.25) is 4.79 Å². The van der Waals surface area contributed by atoms with E-state index < -0.39 is 0 Å². The van der Waals surface area contributed by atoms with Gasteiger partial charge in [0, 0.05) is 10.0 Å². The summed E-state index contributed by atoms with van der Waals surface area (Å²) in [6.45, 7) is 5.53. The molecular formula is C21H20BrN3O3. The van der Waals surface area contributed by atoms with Crippen LogP contribution in [0.5, 0.6) is 11.5 Å². The summed E-state index contributed by atoms with van der Waals surface area (Å²) in [5.41, 5.74) is 2.10. The molecule has 2 aromatic carbocycles. The van der Waals surface area contributed by atoms with Crippen LogP contribution in [0.3, 0.4) is 0 Å². The molecule has 0 bridgehead atoms. The van der Waals surface area contributed by atoms with E-state index in [1.165, 1.54) is 4.68 Å². The summed E-state index contributed by atoms with van der Waals surface area (Å²) in [6, 6.07) is 9.14. The molecule has 0 aliphatic carbocycles. The number of fused-ring (bicyclic) bond motifs is 1.